The van der Waals surface area contributed by atoms with E-state index >= 15 is 0 Å². The van der Waals surface area contributed by atoms with E-state index in [9.17, 15) is 4.79 Å². The number of benzene rings is 1. The van der Waals surface area contributed by atoms with Crippen molar-refractivity contribution >= 4 is 17.5 Å². The van der Waals surface area contributed by atoms with E-state index in [4.69, 9.17) is 16.3 Å². The molecule has 1 amide bonds. The number of hydrogen-bond acceptors (Lipinski definition) is 3. The van der Waals surface area contributed by atoms with Gasteiger partial charge in [-0.25, -0.2) is 0 Å². The minimum absolute atomic E-state index is 0.100. The van der Waals surface area contributed by atoms with Crippen LogP contribution in [-0.2, 0) is 11.3 Å². The summed E-state index contributed by atoms with van der Waals surface area (Å²) in [5, 5.41) is 6.98. The number of halogens is 1. The van der Waals surface area contributed by atoms with Crippen LogP contribution in [0.4, 0.5) is 0 Å². The van der Waals surface area contributed by atoms with Gasteiger partial charge in [-0.15, -0.1) is 0 Å². The van der Waals surface area contributed by atoms with Crippen molar-refractivity contribution in [3.05, 3.63) is 28.8 Å². The number of nitrogens with one attached hydrogen (secondary N) is 2. The molecule has 1 aliphatic rings. The smallest absolute Gasteiger partial charge is 0.220 e. The predicted molar refractivity (Wildman–Crippen MR) is 89.2 cm³/mol. The summed E-state index contributed by atoms with van der Waals surface area (Å²) in [7, 11) is 1.61. The zero-order chi connectivity index (χ0) is 15.9. The fraction of sp³-hybridized carbons (Fsp3) is 0.588. The topological polar surface area (TPSA) is 50.4 Å². The highest BCUT2D eigenvalue weighted by Gasteiger charge is 2.21. The summed E-state index contributed by atoms with van der Waals surface area (Å²) in [6.45, 7) is 4.79. The van der Waals surface area contributed by atoms with Gasteiger partial charge in [0.2, 0.25) is 5.91 Å². The maximum absolute atomic E-state index is 12.1. The molecular weight excluding hydrogens is 300 g/mol. The molecule has 1 unspecified atom stereocenters. The van der Waals surface area contributed by atoms with Gasteiger partial charge < -0.3 is 15.4 Å². The summed E-state index contributed by atoms with van der Waals surface area (Å²) < 4.78 is 5.29. The lowest BCUT2D eigenvalue weighted by Gasteiger charge is -2.27. The quantitative estimate of drug-likeness (QED) is 0.845. The molecule has 0 saturated carbocycles. The number of carbonyl (C=O) groups is 1. The van der Waals surface area contributed by atoms with Gasteiger partial charge in [-0.2, -0.15) is 0 Å². The fourth-order valence-electron chi connectivity index (χ4n) is 3.00. The number of ether oxygens (including phenoxy) is 1. The van der Waals surface area contributed by atoms with Gasteiger partial charge in [0.05, 0.1) is 7.11 Å². The maximum Gasteiger partial charge on any atom is 0.220 e. The van der Waals surface area contributed by atoms with Crippen LogP contribution in [0.15, 0.2) is 18.2 Å². The Morgan fingerprint density at radius 1 is 1.45 bits per heavy atom. The molecule has 22 heavy (non-hydrogen) atoms. The lowest BCUT2D eigenvalue weighted by Crippen LogP contribution is -2.33. The molecule has 122 valence electrons. The van der Waals surface area contributed by atoms with E-state index in [1.54, 1.807) is 13.2 Å². The van der Waals surface area contributed by atoms with Gasteiger partial charge in [0, 0.05) is 23.6 Å². The normalized spacial score (nSPS) is 17.0. The second-order valence-corrected chi connectivity index (χ2v) is 6.44. The van der Waals surface area contributed by atoms with Gasteiger partial charge >= 0.3 is 0 Å². The zero-order valence-corrected chi connectivity index (χ0v) is 14.1. The molecule has 5 heteroatoms. The molecule has 0 radical (unpaired) electrons. The van der Waals surface area contributed by atoms with E-state index in [2.05, 4.69) is 17.6 Å². The van der Waals surface area contributed by atoms with E-state index in [1.165, 1.54) is 12.8 Å². The van der Waals surface area contributed by atoms with Crippen LogP contribution in [0.3, 0.4) is 0 Å². The SMILES string of the molecule is COc1cc(Cl)ccc1CNC(=O)CC(C)C1CCNCC1. The summed E-state index contributed by atoms with van der Waals surface area (Å²) in [6, 6.07) is 5.46. The van der Waals surface area contributed by atoms with Gasteiger partial charge in [0.15, 0.2) is 0 Å². The first-order chi connectivity index (χ1) is 10.6. The van der Waals surface area contributed by atoms with Gasteiger partial charge in [-0.05, 0) is 49.9 Å². The van der Waals surface area contributed by atoms with Gasteiger partial charge in [-0.3, -0.25) is 4.79 Å². The first kappa shape index (κ1) is 17.1. The summed E-state index contributed by atoms with van der Waals surface area (Å²) in [5.74, 6) is 1.88. The van der Waals surface area contributed by atoms with Crippen LogP contribution < -0.4 is 15.4 Å². The highest BCUT2D eigenvalue weighted by Crippen LogP contribution is 2.25. The number of amides is 1. The van der Waals surface area contributed by atoms with Crippen molar-refractivity contribution < 1.29 is 9.53 Å². The molecular formula is C17H25ClN2O2. The third-order valence-corrected chi connectivity index (χ3v) is 4.66. The van der Waals surface area contributed by atoms with Gasteiger partial charge in [0.1, 0.15) is 5.75 Å². The van der Waals surface area contributed by atoms with Crippen molar-refractivity contribution in [3.63, 3.8) is 0 Å². The van der Waals surface area contributed by atoms with Crippen molar-refractivity contribution in [2.45, 2.75) is 32.7 Å². The minimum Gasteiger partial charge on any atom is -0.496 e. The lowest BCUT2D eigenvalue weighted by molar-refractivity contribution is -0.122. The van der Waals surface area contributed by atoms with E-state index in [1.807, 2.05) is 12.1 Å². The van der Waals surface area contributed by atoms with E-state index < -0.39 is 0 Å². The molecule has 1 aromatic rings. The Labute approximate surface area is 137 Å². The average molecular weight is 325 g/mol. The molecule has 1 aromatic carbocycles. The van der Waals surface area contributed by atoms with Crippen LogP contribution in [0.25, 0.3) is 0 Å². The van der Waals surface area contributed by atoms with Gasteiger partial charge in [-0.1, -0.05) is 24.6 Å². The third-order valence-electron chi connectivity index (χ3n) is 4.42. The molecule has 2 rings (SSSR count). The molecule has 0 spiro atoms. The molecule has 2 N–H and O–H groups in total. The minimum atomic E-state index is 0.100. The van der Waals surface area contributed by atoms with Crippen LogP contribution in [0.1, 0.15) is 31.7 Å². The molecule has 1 atom stereocenters. The third kappa shape index (κ3) is 4.89. The maximum atomic E-state index is 12.1. The lowest BCUT2D eigenvalue weighted by atomic mass is 9.84. The summed E-state index contributed by atoms with van der Waals surface area (Å²) in [5.41, 5.74) is 0.940. The Morgan fingerprint density at radius 2 is 2.18 bits per heavy atom. The van der Waals surface area contributed by atoms with Crippen molar-refractivity contribution in [3.8, 4) is 5.75 Å². The molecule has 0 bridgehead atoms. The summed E-state index contributed by atoms with van der Waals surface area (Å²) >= 11 is 5.94. The molecule has 0 aliphatic carbocycles. The monoisotopic (exact) mass is 324 g/mol. The number of methoxy groups -OCH3 is 1. The standard InChI is InChI=1S/C17H25ClN2O2/c1-12(13-5-7-19-8-6-13)9-17(21)20-11-14-3-4-15(18)10-16(14)22-2/h3-4,10,12-13,19H,5-9,11H2,1-2H3,(H,20,21). The summed E-state index contributed by atoms with van der Waals surface area (Å²) in [4.78, 5) is 12.1. The molecule has 1 saturated heterocycles. The number of rotatable bonds is 6. The second-order valence-electron chi connectivity index (χ2n) is 6.00. The summed E-state index contributed by atoms with van der Waals surface area (Å²) in [6.07, 6.45) is 2.92. The van der Waals surface area contributed by atoms with Crippen LogP contribution in [0.2, 0.25) is 5.02 Å². The Bertz CT molecular complexity index is 501. The molecule has 1 fully saturated rings. The average Bonchev–Trinajstić information content (AvgIpc) is 2.54. The Balaban J connectivity index is 1.82. The first-order valence-corrected chi connectivity index (χ1v) is 8.27. The number of carbonyl (C=O) groups excluding carboxylic acids is 1. The van der Waals surface area contributed by atoms with Crippen molar-refractivity contribution in [2.75, 3.05) is 20.2 Å². The van der Waals surface area contributed by atoms with Crippen LogP contribution >= 0.6 is 11.6 Å². The highest BCUT2D eigenvalue weighted by atomic mass is 35.5. The van der Waals surface area contributed by atoms with Crippen LogP contribution in [0, 0.1) is 11.8 Å². The Kier molecular flexibility index (Phi) is 6.52. The number of piperidine rings is 1. The van der Waals surface area contributed by atoms with Crippen molar-refractivity contribution in [1.82, 2.24) is 10.6 Å². The van der Waals surface area contributed by atoms with Crippen LogP contribution in [-0.4, -0.2) is 26.1 Å². The largest absolute Gasteiger partial charge is 0.496 e. The van der Waals surface area contributed by atoms with Crippen molar-refractivity contribution in [1.29, 1.82) is 0 Å². The van der Waals surface area contributed by atoms with Gasteiger partial charge in [0.25, 0.3) is 0 Å². The van der Waals surface area contributed by atoms with Crippen molar-refractivity contribution in [2.24, 2.45) is 11.8 Å². The first-order valence-electron chi connectivity index (χ1n) is 7.90. The molecule has 0 aromatic heterocycles. The van der Waals surface area contributed by atoms with E-state index in [0.717, 1.165) is 18.7 Å². The second kappa shape index (κ2) is 8.39. The fourth-order valence-corrected chi connectivity index (χ4v) is 3.16. The Hall–Kier alpha value is -1.26. The molecule has 1 aliphatic heterocycles. The molecule has 1 heterocycles. The highest BCUT2D eigenvalue weighted by molar-refractivity contribution is 6.30. The van der Waals surface area contributed by atoms with E-state index in [0.29, 0.717) is 35.6 Å². The molecule has 4 nitrogen and oxygen atoms in total. The zero-order valence-electron chi connectivity index (χ0n) is 13.3. The van der Waals surface area contributed by atoms with E-state index in [-0.39, 0.29) is 5.91 Å². The Morgan fingerprint density at radius 3 is 2.86 bits per heavy atom. The number of hydrogen-bond donors (Lipinski definition) is 2. The predicted octanol–water partition coefficient (Wildman–Crippen LogP) is 2.99. The van der Waals surface area contributed by atoms with Crippen LogP contribution in [0.5, 0.6) is 5.75 Å².